The smallest absolute Gasteiger partial charge is 0.270 e. The molecule has 0 saturated heterocycles. The van der Waals surface area contributed by atoms with Crippen LogP contribution in [0.5, 0.6) is 0 Å². The van der Waals surface area contributed by atoms with E-state index in [0.29, 0.717) is 18.5 Å². The van der Waals surface area contributed by atoms with E-state index < -0.39 is 16.4 Å². The molecule has 7 nitrogen and oxygen atoms in total. The van der Waals surface area contributed by atoms with Gasteiger partial charge < -0.3 is 15.3 Å². The number of carbonyl (C=O) groups is 1. The molecule has 7 heteroatoms. The second kappa shape index (κ2) is 6.95. The molecule has 0 spiro atoms. The Kier molecular flexibility index (Phi) is 5.20. The van der Waals surface area contributed by atoms with Crippen LogP contribution in [0.25, 0.3) is 0 Å². The van der Waals surface area contributed by atoms with E-state index in [2.05, 4.69) is 5.32 Å². The lowest BCUT2D eigenvalue weighted by molar-refractivity contribution is -0.384. The molecule has 1 aliphatic carbocycles. The molecule has 1 aliphatic rings. The van der Waals surface area contributed by atoms with Crippen molar-refractivity contribution in [1.29, 1.82) is 0 Å². The summed E-state index contributed by atoms with van der Waals surface area (Å²) in [5, 5.41) is 24.1. The van der Waals surface area contributed by atoms with Gasteiger partial charge in [0.1, 0.15) is 0 Å². The Hall–Kier alpha value is -2.15. The van der Waals surface area contributed by atoms with Crippen molar-refractivity contribution in [2.75, 3.05) is 25.5 Å². The van der Waals surface area contributed by atoms with Gasteiger partial charge >= 0.3 is 0 Å². The lowest BCUT2D eigenvalue weighted by atomic mass is 9.85. The Morgan fingerprint density at radius 1 is 1.35 bits per heavy atom. The SMILES string of the molecule is CN(C)c1ccc([N+](=O)[O-])cc1C(=O)NCC1(O)CCCCC1. The largest absolute Gasteiger partial charge is 0.388 e. The van der Waals surface area contributed by atoms with Crippen LogP contribution >= 0.6 is 0 Å². The molecule has 0 atom stereocenters. The third-order valence-corrected chi connectivity index (χ3v) is 4.28. The first-order valence-corrected chi connectivity index (χ1v) is 7.79. The van der Waals surface area contributed by atoms with Crippen LogP contribution in [0.1, 0.15) is 42.5 Å². The van der Waals surface area contributed by atoms with Crippen molar-refractivity contribution in [2.24, 2.45) is 0 Å². The van der Waals surface area contributed by atoms with Gasteiger partial charge in [0.2, 0.25) is 0 Å². The Bertz CT molecular complexity index is 595. The lowest BCUT2D eigenvalue weighted by Gasteiger charge is -2.32. The normalized spacial score (nSPS) is 16.7. The molecule has 1 amide bonds. The number of carbonyl (C=O) groups excluding carboxylic acids is 1. The van der Waals surface area contributed by atoms with Crippen LogP contribution in [0.4, 0.5) is 11.4 Å². The summed E-state index contributed by atoms with van der Waals surface area (Å²) in [6.45, 7) is 0.168. The molecule has 0 aliphatic heterocycles. The van der Waals surface area contributed by atoms with Gasteiger partial charge in [0.15, 0.2) is 0 Å². The molecule has 0 bridgehead atoms. The van der Waals surface area contributed by atoms with E-state index in [1.54, 1.807) is 25.1 Å². The van der Waals surface area contributed by atoms with Crippen LogP contribution in [0.2, 0.25) is 0 Å². The van der Waals surface area contributed by atoms with Crippen LogP contribution in [0.15, 0.2) is 18.2 Å². The second-order valence-corrected chi connectivity index (χ2v) is 6.32. The maximum Gasteiger partial charge on any atom is 0.270 e. The Labute approximate surface area is 135 Å². The predicted molar refractivity (Wildman–Crippen MR) is 87.8 cm³/mol. The number of aliphatic hydroxyl groups is 1. The number of nitrogens with zero attached hydrogens (tertiary/aromatic N) is 2. The molecule has 1 fully saturated rings. The van der Waals surface area contributed by atoms with E-state index in [1.165, 1.54) is 12.1 Å². The van der Waals surface area contributed by atoms with Crippen LogP contribution in [0, 0.1) is 10.1 Å². The molecule has 1 aromatic carbocycles. The van der Waals surface area contributed by atoms with Gasteiger partial charge in [-0.1, -0.05) is 19.3 Å². The number of anilines is 1. The fraction of sp³-hybridized carbons (Fsp3) is 0.562. The minimum Gasteiger partial charge on any atom is -0.388 e. The molecule has 0 heterocycles. The minimum atomic E-state index is -0.868. The quantitative estimate of drug-likeness (QED) is 0.639. The van der Waals surface area contributed by atoms with Crippen molar-refractivity contribution in [3.63, 3.8) is 0 Å². The zero-order valence-electron chi connectivity index (χ0n) is 13.5. The van der Waals surface area contributed by atoms with Crippen molar-refractivity contribution in [3.05, 3.63) is 33.9 Å². The molecule has 2 N–H and O–H groups in total. The van der Waals surface area contributed by atoms with Crippen molar-refractivity contribution >= 4 is 17.3 Å². The highest BCUT2D eigenvalue weighted by Crippen LogP contribution is 2.28. The van der Waals surface area contributed by atoms with Crippen molar-refractivity contribution in [3.8, 4) is 0 Å². The van der Waals surface area contributed by atoms with Gasteiger partial charge in [-0.15, -0.1) is 0 Å². The monoisotopic (exact) mass is 321 g/mol. The van der Waals surface area contributed by atoms with E-state index in [-0.39, 0.29) is 17.8 Å². The van der Waals surface area contributed by atoms with E-state index in [0.717, 1.165) is 19.3 Å². The highest BCUT2D eigenvalue weighted by molar-refractivity contribution is 6.00. The molecule has 0 aromatic heterocycles. The molecule has 1 saturated carbocycles. The Balaban J connectivity index is 2.16. The summed E-state index contributed by atoms with van der Waals surface area (Å²) in [7, 11) is 3.54. The van der Waals surface area contributed by atoms with Crippen molar-refractivity contribution in [1.82, 2.24) is 5.32 Å². The summed E-state index contributed by atoms with van der Waals surface area (Å²) >= 11 is 0. The van der Waals surface area contributed by atoms with Crippen LogP contribution in [-0.4, -0.2) is 42.2 Å². The molecule has 23 heavy (non-hydrogen) atoms. The maximum atomic E-state index is 12.5. The summed E-state index contributed by atoms with van der Waals surface area (Å²) in [5.74, 6) is -0.406. The van der Waals surface area contributed by atoms with E-state index in [1.807, 2.05) is 0 Å². The Morgan fingerprint density at radius 2 is 2.00 bits per heavy atom. The standard InChI is InChI=1S/C16H23N3O4/c1-18(2)14-7-6-12(19(22)23)10-13(14)15(20)17-11-16(21)8-4-3-5-9-16/h6-7,10,21H,3-5,8-9,11H2,1-2H3,(H,17,20). The van der Waals surface area contributed by atoms with Crippen molar-refractivity contribution in [2.45, 2.75) is 37.7 Å². The van der Waals surface area contributed by atoms with Gasteiger partial charge in [-0.3, -0.25) is 14.9 Å². The molecule has 0 unspecified atom stereocenters. The summed E-state index contributed by atoms with van der Waals surface area (Å²) in [6, 6.07) is 4.21. The predicted octanol–water partition coefficient (Wildman–Crippen LogP) is 2.09. The van der Waals surface area contributed by atoms with Crippen LogP contribution in [-0.2, 0) is 0 Å². The van der Waals surface area contributed by atoms with E-state index in [4.69, 9.17) is 0 Å². The number of amides is 1. The number of hydrogen-bond acceptors (Lipinski definition) is 5. The molecule has 0 radical (unpaired) electrons. The molecule has 126 valence electrons. The number of hydrogen-bond donors (Lipinski definition) is 2. The third-order valence-electron chi connectivity index (χ3n) is 4.28. The first kappa shape index (κ1) is 17.2. The van der Waals surface area contributed by atoms with Gasteiger partial charge in [0.25, 0.3) is 11.6 Å². The second-order valence-electron chi connectivity index (χ2n) is 6.32. The molecule has 1 aromatic rings. The number of nitro groups is 1. The highest BCUT2D eigenvalue weighted by atomic mass is 16.6. The Morgan fingerprint density at radius 3 is 2.57 bits per heavy atom. The van der Waals surface area contributed by atoms with Crippen LogP contribution in [0.3, 0.4) is 0 Å². The number of benzene rings is 1. The topological polar surface area (TPSA) is 95.7 Å². The summed E-state index contributed by atoms with van der Waals surface area (Å²) in [6.07, 6.45) is 4.34. The minimum absolute atomic E-state index is 0.128. The number of rotatable bonds is 5. The number of non-ortho nitro benzene ring substituents is 1. The van der Waals surface area contributed by atoms with Crippen molar-refractivity contribution < 1.29 is 14.8 Å². The number of nitro benzene ring substituents is 1. The van der Waals surface area contributed by atoms with E-state index in [9.17, 15) is 20.0 Å². The summed E-state index contributed by atoms with van der Waals surface area (Å²) < 4.78 is 0. The maximum absolute atomic E-state index is 12.5. The average molecular weight is 321 g/mol. The number of nitrogens with one attached hydrogen (secondary N) is 1. The zero-order chi connectivity index (χ0) is 17.0. The van der Waals surface area contributed by atoms with Gasteiger partial charge in [0.05, 0.1) is 16.1 Å². The van der Waals surface area contributed by atoms with Crippen LogP contribution < -0.4 is 10.2 Å². The van der Waals surface area contributed by atoms with Gasteiger partial charge in [-0.05, 0) is 18.9 Å². The fourth-order valence-electron chi connectivity index (χ4n) is 2.94. The summed E-state index contributed by atoms with van der Waals surface area (Å²) in [4.78, 5) is 24.6. The highest BCUT2D eigenvalue weighted by Gasteiger charge is 2.30. The molecular weight excluding hydrogens is 298 g/mol. The fourth-order valence-corrected chi connectivity index (χ4v) is 2.94. The average Bonchev–Trinajstić information content (AvgIpc) is 2.52. The molecule has 2 rings (SSSR count). The first-order chi connectivity index (χ1) is 10.8. The lowest BCUT2D eigenvalue weighted by Crippen LogP contribution is -2.44. The first-order valence-electron chi connectivity index (χ1n) is 7.79. The summed E-state index contributed by atoms with van der Waals surface area (Å²) in [5.41, 5.74) is -0.156. The molecular formula is C16H23N3O4. The zero-order valence-corrected chi connectivity index (χ0v) is 13.5. The third kappa shape index (κ3) is 4.19. The van der Waals surface area contributed by atoms with Gasteiger partial charge in [0, 0.05) is 38.5 Å². The van der Waals surface area contributed by atoms with Gasteiger partial charge in [-0.25, -0.2) is 0 Å². The van der Waals surface area contributed by atoms with Gasteiger partial charge in [-0.2, -0.15) is 0 Å². The van der Waals surface area contributed by atoms with E-state index >= 15 is 0 Å².